The van der Waals surface area contributed by atoms with Crippen LogP contribution < -0.4 is 0 Å². The third kappa shape index (κ3) is 3.45. The molecule has 0 aliphatic carbocycles. The molecule has 29 heavy (non-hydrogen) atoms. The predicted octanol–water partition coefficient (Wildman–Crippen LogP) is 4.27. The van der Waals surface area contributed by atoms with Crippen molar-refractivity contribution in [2.45, 2.75) is 10.2 Å². The molecule has 0 aliphatic rings. The molecule has 0 saturated carbocycles. The van der Waals surface area contributed by atoms with E-state index >= 15 is 0 Å². The number of rotatable bonds is 4. The highest BCUT2D eigenvalue weighted by Crippen LogP contribution is 2.31. The van der Waals surface area contributed by atoms with Crippen LogP contribution in [0.15, 0.2) is 75.6 Å². The highest BCUT2D eigenvalue weighted by Gasteiger charge is 2.15. The molecule has 7 nitrogen and oxygen atoms in total. The Hall–Kier alpha value is -3.66. The average Bonchev–Trinajstić information content (AvgIpc) is 3.39. The maximum Gasteiger partial charge on any atom is 0.283 e. The molecule has 3 heterocycles. The summed E-state index contributed by atoms with van der Waals surface area (Å²) in [6, 6.07) is 13.6. The van der Waals surface area contributed by atoms with E-state index in [1.165, 1.54) is 42.4 Å². The second-order valence-electron chi connectivity index (χ2n) is 5.94. The molecule has 0 N–H and O–H groups in total. The molecule has 3 aromatic heterocycles. The first-order valence-electron chi connectivity index (χ1n) is 8.40. The van der Waals surface area contributed by atoms with E-state index in [0.29, 0.717) is 22.1 Å². The molecule has 5 rings (SSSR count). The third-order valence-corrected chi connectivity index (χ3v) is 4.89. The van der Waals surface area contributed by atoms with Crippen molar-refractivity contribution in [1.29, 1.82) is 0 Å². The van der Waals surface area contributed by atoms with Crippen LogP contribution in [0.25, 0.3) is 28.5 Å². The van der Waals surface area contributed by atoms with Crippen molar-refractivity contribution in [3.8, 4) is 22.7 Å². The van der Waals surface area contributed by atoms with Crippen LogP contribution in [-0.2, 0) is 0 Å². The monoisotopic (exact) mass is 408 g/mol. The molecule has 0 atom stereocenters. The van der Waals surface area contributed by atoms with Gasteiger partial charge in [0.2, 0.25) is 5.89 Å². The highest BCUT2D eigenvalue weighted by molar-refractivity contribution is 7.99. The van der Waals surface area contributed by atoms with Gasteiger partial charge in [0.25, 0.3) is 11.0 Å². The zero-order valence-corrected chi connectivity index (χ0v) is 15.3. The van der Waals surface area contributed by atoms with E-state index in [0.717, 1.165) is 5.56 Å². The summed E-state index contributed by atoms with van der Waals surface area (Å²) in [4.78, 5) is 8.59. The van der Waals surface area contributed by atoms with Gasteiger partial charge in [-0.05, 0) is 66.4 Å². The van der Waals surface area contributed by atoms with Gasteiger partial charge in [-0.2, -0.15) is 14.6 Å². The van der Waals surface area contributed by atoms with E-state index < -0.39 is 0 Å². The van der Waals surface area contributed by atoms with Gasteiger partial charge in [-0.3, -0.25) is 0 Å². The lowest BCUT2D eigenvalue weighted by Crippen LogP contribution is -1.97. The normalized spacial score (nSPS) is 11.2. The van der Waals surface area contributed by atoms with E-state index in [1.54, 1.807) is 34.8 Å². The van der Waals surface area contributed by atoms with Crippen LogP contribution in [0.1, 0.15) is 0 Å². The molecule has 0 fully saturated rings. The first-order valence-corrected chi connectivity index (χ1v) is 9.21. The lowest BCUT2D eigenvalue weighted by Gasteiger charge is -2.05. The molecule has 2 aromatic carbocycles. The topological polar surface area (TPSA) is 82.0 Å². The molecule has 0 spiro atoms. The Bertz CT molecular complexity index is 1300. The first kappa shape index (κ1) is 17.4. The van der Waals surface area contributed by atoms with Crippen LogP contribution in [-0.4, -0.2) is 29.8 Å². The first-order chi connectivity index (χ1) is 14.2. The summed E-state index contributed by atoms with van der Waals surface area (Å²) in [5.41, 5.74) is 1.95. The Morgan fingerprint density at radius 3 is 2.28 bits per heavy atom. The molecule has 10 heteroatoms. The number of hydrogen-bond donors (Lipinski definition) is 0. The lowest BCUT2D eigenvalue weighted by atomic mass is 10.1. The Kier molecular flexibility index (Phi) is 4.24. The van der Waals surface area contributed by atoms with Gasteiger partial charge in [0.1, 0.15) is 23.0 Å². The van der Waals surface area contributed by atoms with Crippen molar-refractivity contribution in [2.24, 2.45) is 0 Å². The second kappa shape index (κ2) is 7.06. The minimum absolute atomic E-state index is 0.273. The van der Waals surface area contributed by atoms with E-state index in [2.05, 4.69) is 25.3 Å². The van der Waals surface area contributed by atoms with E-state index in [4.69, 9.17) is 4.42 Å². The summed E-state index contributed by atoms with van der Waals surface area (Å²) in [6.45, 7) is 0. The van der Waals surface area contributed by atoms with Gasteiger partial charge in [0.05, 0.1) is 5.69 Å². The molecular formula is C19H10F2N6OS. The molecule has 0 saturated heterocycles. The Balaban J connectivity index is 1.51. The van der Waals surface area contributed by atoms with Crippen molar-refractivity contribution in [3.63, 3.8) is 0 Å². The zero-order valence-electron chi connectivity index (χ0n) is 14.5. The molecule has 0 unspecified atom stereocenters. The Morgan fingerprint density at radius 1 is 0.862 bits per heavy atom. The van der Waals surface area contributed by atoms with Gasteiger partial charge >= 0.3 is 0 Å². The summed E-state index contributed by atoms with van der Waals surface area (Å²) in [6.07, 6.45) is 1.39. The van der Waals surface area contributed by atoms with Crippen LogP contribution in [0.2, 0.25) is 0 Å². The summed E-state index contributed by atoms with van der Waals surface area (Å²) < 4.78 is 33.6. The SMILES string of the molecule is Fc1ccc(-c2cc(Sc3nnc(-c4ccc(F)cc4)o3)n3ncnc3n2)cc1. The predicted molar refractivity (Wildman–Crippen MR) is 100.0 cm³/mol. The van der Waals surface area contributed by atoms with Crippen LogP contribution in [0, 0.1) is 11.6 Å². The molecule has 0 aliphatic heterocycles. The third-order valence-electron chi connectivity index (χ3n) is 4.05. The lowest BCUT2D eigenvalue weighted by molar-refractivity contribution is 0.465. The van der Waals surface area contributed by atoms with Crippen molar-refractivity contribution >= 4 is 17.5 Å². The molecule has 0 amide bonds. The van der Waals surface area contributed by atoms with Crippen molar-refractivity contribution in [3.05, 3.63) is 72.6 Å². The van der Waals surface area contributed by atoms with E-state index in [-0.39, 0.29) is 22.7 Å². The second-order valence-corrected chi connectivity index (χ2v) is 6.91. The largest absolute Gasteiger partial charge is 0.411 e. The van der Waals surface area contributed by atoms with Gasteiger partial charge in [-0.25, -0.2) is 13.8 Å². The maximum absolute atomic E-state index is 13.2. The van der Waals surface area contributed by atoms with Crippen molar-refractivity contribution < 1.29 is 13.2 Å². The minimum Gasteiger partial charge on any atom is -0.411 e. The molecular weight excluding hydrogens is 398 g/mol. The Labute approximate surface area is 166 Å². The van der Waals surface area contributed by atoms with Gasteiger partial charge in [0, 0.05) is 11.1 Å². The van der Waals surface area contributed by atoms with E-state index in [9.17, 15) is 8.78 Å². The summed E-state index contributed by atoms with van der Waals surface area (Å²) in [7, 11) is 0. The van der Waals surface area contributed by atoms with Crippen molar-refractivity contribution in [2.75, 3.05) is 0 Å². The van der Waals surface area contributed by atoms with Crippen LogP contribution in [0.5, 0.6) is 0 Å². The van der Waals surface area contributed by atoms with E-state index in [1.807, 2.05) is 0 Å². The standard InChI is InChI=1S/C19H10F2N6OS/c20-13-5-1-11(2-6-13)15-9-16(27-18(24-15)22-10-23-27)29-19-26-25-17(28-19)12-3-7-14(21)8-4-12/h1-10H. The van der Waals surface area contributed by atoms with Gasteiger partial charge in [-0.15, -0.1) is 10.2 Å². The molecule has 5 aromatic rings. The number of hydrogen-bond acceptors (Lipinski definition) is 7. The number of benzene rings is 2. The zero-order chi connectivity index (χ0) is 19.8. The van der Waals surface area contributed by atoms with Crippen LogP contribution >= 0.6 is 11.8 Å². The average molecular weight is 408 g/mol. The minimum atomic E-state index is -0.346. The van der Waals surface area contributed by atoms with Crippen LogP contribution in [0.4, 0.5) is 8.78 Å². The summed E-state index contributed by atoms with van der Waals surface area (Å²) in [5.74, 6) is -0.0182. The molecule has 142 valence electrons. The number of nitrogens with zero attached hydrogens (tertiary/aromatic N) is 6. The van der Waals surface area contributed by atoms with Crippen LogP contribution in [0.3, 0.4) is 0 Å². The van der Waals surface area contributed by atoms with Crippen molar-refractivity contribution in [1.82, 2.24) is 29.8 Å². The van der Waals surface area contributed by atoms with Gasteiger partial charge in [-0.1, -0.05) is 0 Å². The number of aromatic nitrogens is 6. The Morgan fingerprint density at radius 2 is 1.55 bits per heavy atom. The fourth-order valence-corrected chi connectivity index (χ4v) is 3.44. The molecule has 0 bridgehead atoms. The smallest absolute Gasteiger partial charge is 0.283 e. The summed E-state index contributed by atoms with van der Waals surface area (Å²) in [5, 5.41) is 13.1. The quantitative estimate of drug-likeness (QED) is 0.411. The molecule has 0 radical (unpaired) electrons. The maximum atomic E-state index is 13.2. The fraction of sp³-hybridized carbons (Fsp3) is 0. The van der Waals surface area contributed by atoms with Gasteiger partial charge in [0.15, 0.2) is 0 Å². The number of fused-ring (bicyclic) bond motifs is 1. The summed E-state index contributed by atoms with van der Waals surface area (Å²) >= 11 is 1.18. The number of halogens is 2. The van der Waals surface area contributed by atoms with Gasteiger partial charge < -0.3 is 4.42 Å². The highest BCUT2D eigenvalue weighted by atomic mass is 32.2. The fourth-order valence-electron chi connectivity index (χ4n) is 2.68.